The Morgan fingerprint density at radius 1 is 1.03 bits per heavy atom. The second-order valence-electron chi connectivity index (χ2n) is 7.59. The third-order valence-corrected chi connectivity index (χ3v) is 7.11. The van der Waals surface area contributed by atoms with E-state index in [2.05, 4.69) is 19.2 Å². The molecule has 1 heterocycles. The molecule has 0 atom stereocenters. The summed E-state index contributed by atoms with van der Waals surface area (Å²) in [5.41, 5.74) is 1.86. The lowest BCUT2D eigenvalue weighted by Crippen LogP contribution is -2.41. The molecule has 0 radical (unpaired) electrons. The maximum Gasteiger partial charge on any atom is 0.411 e. The van der Waals surface area contributed by atoms with Gasteiger partial charge in [-0.15, -0.1) is 0 Å². The lowest BCUT2D eigenvalue weighted by molar-refractivity contribution is 0.0774. The van der Waals surface area contributed by atoms with Crippen molar-refractivity contribution in [2.24, 2.45) is 0 Å². The van der Waals surface area contributed by atoms with E-state index in [4.69, 9.17) is 9.47 Å². The summed E-state index contributed by atoms with van der Waals surface area (Å²) in [4.78, 5) is 12.4. The van der Waals surface area contributed by atoms with Crippen LogP contribution in [-0.4, -0.2) is 45.1 Å². The van der Waals surface area contributed by atoms with Crippen LogP contribution in [0.15, 0.2) is 53.4 Å². The molecule has 0 bridgehead atoms. The van der Waals surface area contributed by atoms with Gasteiger partial charge in [-0.25, -0.2) is 13.2 Å². The van der Waals surface area contributed by atoms with Crippen LogP contribution in [0.2, 0.25) is 0 Å². The number of amides is 1. The number of methoxy groups -OCH3 is 1. The van der Waals surface area contributed by atoms with Gasteiger partial charge in [-0.1, -0.05) is 26.0 Å². The zero-order valence-electron chi connectivity index (χ0n) is 17.5. The molecule has 162 valence electrons. The Labute approximate surface area is 178 Å². The van der Waals surface area contributed by atoms with Gasteiger partial charge in [0.05, 0.1) is 12.0 Å². The van der Waals surface area contributed by atoms with Crippen LogP contribution >= 0.6 is 0 Å². The fourth-order valence-electron chi connectivity index (χ4n) is 3.34. The van der Waals surface area contributed by atoms with Crippen molar-refractivity contribution in [1.29, 1.82) is 0 Å². The van der Waals surface area contributed by atoms with Crippen molar-refractivity contribution in [2.75, 3.05) is 25.5 Å². The van der Waals surface area contributed by atoms with E-state index in [1.54, 1.807) is 12.1 Å². The molecule has 1 aliphatic heterocycles. The molecule has 30 heavy (non-hydrogen) atoms. The number of carbonyl (C=O) groups is 1. The van der Waals surface area contributed by atoms with E-state index in [9.17, 15) is 13.2 Å². The number of ether oxygens (including phenoxy) is 2. The molecule has 0 saturated carbocycles. The highest BCUT2D eigenvalue weighted by Crippen LogP contribution is 2.24. The number of piperidine rings is 1. The number of carbonyl (C=O) groups excluding carboxylic acids is 1. The molecule has 1 saturated heterocycles. The predicted octanol–water partition coefficient (Wildman–Crippen LogP) is 4.22. The summed E-state index contributed by atoms with van der Waals surface area (Å²) < 4.78 is 37.6. The van der Waals surface area contributed by atoms with Crippen LogP contribution in [-0.2, 0) is 14.8 Å². The Morgan fingerprint density at radius 2 is 1.63 bits per heavy atom. The molecule has 3 rings (SSSR count). The number of hydrogen-bond donors (Lipinski definition) is 1. The van der Waals surface area contributed by atoms with Crippen LogP contribution in [0.1, 0.15) is 38.2 Å². The topological polar surface area (TPSA) is 84.9 Å². The molecule has 1 fully saturated rings. The van der Waals surface area contributed by atoms with Crippen molar-refractivity contribution in [1.82, 2.24) is 4.31 Å². The average Bonchev–Trinajstić information content (AvgIpc) is 2.74. The van der Waals surface area contributed by atoms with Crippen LogP contribution < -0.4 is 10.1 Å². The summed E-state index contributed by atoms with van der Waals surface area (Å²) >= 11 is 0. The minimum atomic E-state index is -3.58. The predicted molar refractivity (Wildman–Crippen MR) is 115 cm³/mol. The first-order valence-corrected chi connectivity index (χ1v) is 11.5. The Hall–Kier alpha value is -2.58. The molecule has 0 spiro atoms. The Balaban J connectivity index is 1.51. The highest BCUT2D eigenvalue weighted by atomic mass is 32.2. The number of rotatable bonds is 6. The molecular weight excluding hydrogens is 404 g/mol. The van der Waals surface area contributed by atoms with Gasteiger partial charge in [0.25, 0.3) is 0 Å². The van der Waals surface area contributed by atoms with E-state index in [1.165, 1.54) is 29.1 Å². The SMILES string of the molecule is COc1ccc(S(=O)(=O)N2CCC(OC(=O)Nc3ccc(C(C)C)cc3)CC2)cc1. The van der Waals surface area contributed by atoms with Gasteiger partial charge < -0.3 is 9.47 Å². The standard InChI is InChI=1S/C22H28N2O5S/c1-16(2)17-4-6-18(7-5-17)23-22(25)29-20-12-14-24(15-13-20)30(26,27)21-10-8-19(28-3)9-11-21/h4-11,16,20H,12-15H2,1-3H3,(H,23,25). The molecular formula is C22H28N2O5S. The molecule has 0 aliphatic carbocycles. The van der Waals surface area contributed by atoms with Gasteiger partial charge in [0.1, 0.15) is 11.9 Å². The summed E-state index contributed by atoms with van der Waals surface area (Å²) in [6.45, 7) is 4.82. The van der Waals surface area contributed by atoms with Gasteiger partial charge >= 0.3 is 6.09 Å². The van der Waals surface area contributed by atoms with E-state index in [0.29, 0.717) is 43.3 Å². The zero-order chi connectivity index (χ0) is 21.7. The van der Waals surface area contributed by atoms with Crippen LogP contribution in [0.25, 0.3) is 0 Å². The van der Waals surface area contributed by atoms with E-state index in [0.717, 1.165) is 0 Å². The van der Waals surface area contributed by atoms with Crippen LogP contribution in [0, 0.1) is 0 Å². The molecule has 1 amide bonds. The number of anilines is 1. The molecule has 2 aromatic rings. The van der Waals surface area contributed by atoms with E-state index >= 15 is 0 Å². The lowest BCUT2D eigenvalue weighted by atomic mass is 10.0. The first-order valence-electron chi connectivity index (χ1n) is 10.0. The first kappa shape index (κ1) is 22.1. The second kappa shape index (κ2) is 9.49. The molecule has 0 unspecified atom stereocenters. The van der Waals surface area contributed by atoms with Gasteiger partial charge in [0.15, 0.2) is 0 Å². The van der Waals surface area contributed by atoms with Crippen molar-refractivity contribution in [2.45, 2.75) is 43.6 Å². The number of nitrogens with one attached hydrogen (secondary N) is 1. The quantitative estimate of drug-likeness (QED) is 0.739. The van der Waals surface area contributed by atoms with E-state index in [1.807, 2.05) is 24.3 Å². The van der Waals surface area contributed by atoms with E-state index in [-0.39, 0.29) is 11.0 Å². The molecule has 2 aromatic carbocycles. The van der Waals surface area contributed by atoms with Gasteiger partial charge in [-0.3, -0.25) is 5.32 Å². The maximum atomic E-state index is 12.8. The van der Waals surface area contributed by atoms with Crippen LogP contribution in [0.4, 0.5) is 10.5 Å². The number of benzene rings is 2. The summed E-state index contributed by atoms with van der Waals surface area (Å²) in [5.74, 6) is 1.02. The van der Waals surface area contributed by atoms with Crippen molar-refractivity contribution in [3.63, 3.8) is 0 Å². The van der Waals surface area contributed by atoms with Gasteiger partial charge in [-0.2, -0.15) is 4.31 Å². The monoisotopic (exact) mass is 432 g/mol. The van der Waals surface area contributed by atoms with Crippen LogP contribution in [0.5, 0.6) is 5.75 Å². The smallest absolute Gasteiger partial charge is 0.411 e. The Morgan fingerprint density at radius 3 is 2.17 bits per heavy atom. The van der Waals surface area contributed by atoms with E-state index < -0.39 is 16.1 Å². The van der Waals surface area contributed by atoms with Gasteiger partial charge in [0.2, 0.25) is 10.0 Å². The molecule has 1 N–H and O–H groups in total. The van der Waals surface area contributed by atoms with Gasteiger partial charge in [-0.05, 0) is 60.7 Å². The maximum absolute atomic E-state index is 12.8. The molecule has 1 aliphatic rings. The van der Waals surface area contributed by atoms with Crippen molar-refractivity contribution >= 4 is 21.8 Å². The summed E-state index contributed by atoms with van der Waals surface area (Å²) in [6.07, 6.45) is 0.0653. The Bertz CT molecular complexity index is 948. The average molecular weight is 433 g/mol. The first-order chi connectivity index (χ1) is 14.3. The highest BCUT2D eigenvalue weighted by molar-refractivity contribution is 7.89. The number of sulfonamides is 1. The minimum Gasteiger partial charge on any atom is -0.497 e. The fourth-order valence-corrected chi connectivity index (χ4v) is 4.81. The third kappa shape index (κ3) is 5.31. The van der Waals surface area contributed by atoms with Crippen molar-refractivity contribution < 1.29 is 22.7 Å². The molecule has 7 nitrogen and oxygen atoms in total. The zero-order valence-corrected chi connectivity index (χ0v) is 18.3. The number of nitrogens with zero attached hydrogens (tertiary/aromatic N) is 1. The Kier molecular flexibility index (Phi) is 6.99. The number of hydrogen-bond acceptors (Lipinski definition) is 5. The third-order valence-electron chi connectivity index (χ3n) is 5.20. The molecule has 8 heteroatoms. The molecule has 0 aromatic heterocycles. The fraction of sp³-hybridized carbons (Fsp3) is 0.409. The summed E-state index contributed by atoms with van der Waals surface area (Å²) in [7, 11) is -2.04. The van der Waals surface area contributed by atoms with Crippen LogP contribution in [0.3, 0.4) is 0 Å². The second-order valence-corrected chi connectivity index (χ2v) is 9.52. The summed E-state index contributed by atoms with van der Waals surface area (Å²) in [5, 5.41) is 2.73. The van der Waals surface area contributed by atoms with Crippen molar-refractivity contribution in [3.05, 3.63) is 54.1 Å². The van der Waals surface area contributed by atoms with Crippen molar-refractivity contribution in [3.8, 4) is 5.75 Å². The largest absolute Gasteiger partial charge is 0.497 e. The van der Waals surface area contributed by atoms with Gasteiger partial charge in [0, 0.05) is 18.8 Å². The minimum absolute atomic E-state index is 0.227. The normalized spacial score (nSPS) is 15.7. The highest BCUT2D eigenvalue weighted by Gasteiger charge is 2.30. The lowest BCUT2D eigenvalue weighted by Gasteiger charge is -2.30. The summed E-state index contributed by atoms with van der Waals surface area (Å²) in [6, 6.07) is 14.0.